The van der Waals surface area contributed by atoms with Gasteiger partial charge in [-0.05, 0) is 12.8 Å². The molecule has 1 saturated carbocycles. The van der Waals surface area contributed by atoms with E-state index in [9.17, 15) is 4.79 Å². The minimum Gasteiger partial charge on any atom is -0.481 e. The maximum atomic E-state index is 11.1. The highest BCUT2D eigenvalue weighted by Crippen LogP contribution is 2.28. The van der Waals surface area contributed by atoms with E-state index in [1.165, 1.54) is 32.1 Å². The van der Waals surface area contributed by atoms with Crippen molar-refractivity contribution in [1.29, 1.82) is 0 Å². The van der Waals surface area contributed by atoms with Gasteiger partial charge in [0, 0.05) is 12.6 Å². The third kappa shape index (κ3) is 2.32. The summed E-state index contributed by atoms with van der Waals surface area (Å²) in [5, 5.41) is 12.5. The molecule has 15 heavy (non-hydrogen) atoms. The molecule has 2 aliphatic rings. The Morgan fingerprint density at radius 3 is 2.47 bits per heavy atom. The van der Waals surface area contributed by atoms with E-state index in [1.54, 1.807) is 0 Å². The molecule has 0 aromatic rings. The molecule has 0 amide bonds. The van der Waals surface area contributed by atoms with Crippen molar-refractivity contribution in [1.82, 2.24) is 5.32 Å². The van der Waals surface area contributed by atoms with E-state index in [2.05, 4.69) is 5.32 Å². The van der Waals surface area contributed by atoms with Gasteiger partial charge in [-0.15, -0.1) is 0 Å². The Balaban J connectivity index is 1.78. The average Bonchev–Trinajstić information content (AvgIpc) is 2.17. The van der Waals surface area contributed by atoms with Crippen LogP contribution in [0.4, 0.5) is 0 Å². The molecule has 0 aromatic carbocycles. The highest BCUT2D eigenvalue weighted by Gasteiger charge is 2.46. The molecule has 1 aliphatic carbocycles. The first kappa shape index (κ1) is 10.9. The van der Waals surface area contributed by atoms with Gasteiger partial charge in [-0.2, -0.15) is 0 Å². The largest absolute Gasteiger partial charge is 0.481 e. The summed E-state index contributed by atoms with van der Waals surface area (Å²) in [5.74, 6) is -0.725. The molecule has 2 rings (SSSR count). The minimum atomic E-state index is -0.725. The molecule has 4 heteroatoms. The summed E-state index contributed by atoms with van der Waals surface area (Å²) in [7, 11) is 0. The second-order valence-electron chi connectivity index (χ2n) is 4.79. The monoisotopic (exact) mass is 213 g/mol. The van der Waals surface area contributed by atoms with Crippen LogP contribution in [-0.2, 0) is 9.53 Å². The smallest absolute Gasteiger partial charge is 0.315 e. The summed E-state index contributed by atoms with van der Waals surface area (Å²) in [6.07, 6.45) is 6.25. The van der Waals surface area contributed by atoms with Gasteiger partial charge in [0.25, 0.3) is 0 Å². The fraction of sp³-hybridized carbons (Fsp3) is 0.909. The van der Waals surface area contributed by atoms with Gasteiger partial charge in [-0.25, -0.2) is 0 Å². The summed E-state index contributed by atoms with van der Waals surface area (Å²) in [5.41, 5.74) is -0.641. The van der Waals surface area contributed by atoms with E-state index in [0.29, 0.717) is 25.8 Å². The molecular formula is C11H19NO3. The summed E-state index contributed by atoms with van der Waals surface area (Å²) < 4.78 is 5.02. The fourth-order valence-electron chi connectivity index (χ4n) is 2.30. The third-order valence-corrected chi connectivity index (χ3v) is 3.54. The standard InChI is InChI=1S/C11H19NO3/c13-10(14)11(7-15-8-11)6-12-9-4-2-1-3-5-9/h9,12H,1-8H2,(H,13,14). The van der Waals surface area contributed by atoms with Crippen LogP contribution in [0.1, 0.15) is 32.1 Å². The minimum absolute atomic E-state index is 0.363. The lowest BCUT2D eigenvalue weighted by molar-refractivity contribution is -0.178. The summed E-state index contributed by atoms with van der Waals surface area (Å²) in [6, 6.07) is 0.524. The molecule has 1 aliphatic heterocycles. The van der Waals surface area contributed by atoms with Gasteiger partial charge in [0.1, 0.15) is 5.41 Å². The molecule has 2 N–H and O–H groups in total. The Morgan fingerprint density at radius 1 is 1.33 bits per heavy atom. The molecule has 0 atom stereocenters. The number of hydrogen-bond acceptors (Lipinski definition) is 3. The molecule has 0 bridgehead atoms. The van der Waals surface area contributed by atoms with Crippen molar-refractivity contribution in [2.75, 3.05) is 19.8 Å². The quantitative estimate of drug-likeness (QED) is 0.731. The van der Waals surface area contributed by atoms with Crippen molar-refractivity contribution in [2.45, 2.75) is 38.1 Å². The van der Waals surface area contributed by atoms with Gasteiger partial charge in [0.2, 0.25) is 0 Å². The third-order valence-electron chi connectivity index (χ3n) is 3.54. The summed E-state index contributed by atoms with van der Waals surface area (Å²) in [6.45, 7) is 1.29. The molecular weight excluding hydrogens is 194 g/mol. The first-order valence-electron chi connectivity index (χ1n) is 5.77. The zero-order chi connectivity index (χ0) is 10.7. The van der Waals surface area contributed by atoms with Crippen molar-refractivity contribution in [3.05, 3.63) is 0 Å². The van der Waals surface area contributed by atoms with Crippen LogP contribution in [0.2, 0.25) is 0 Å². The Hall–Kier alpha value is -0.610. The molecule has 0 aromatic heterocycles. The van der Waals surface area contributed by atoms with Gasteiger partial charge in [0.15, 0.2) is 0 Å². The van der Waals surface area contributed by atoms with Crippen LogP contribution < -0.4 is 5.32 Å². The number of rotatable bonds is 4. The zero-order valence-corrected chi connectivity index (χ0v) is 9.00. The molecule has 1 heterocycles. The maximum Gasteiger partial charge on any atom is 0.315 e. The lowest BCUT2D eigenvalue weighted by Crippen LogP contribution is -2.56. The number of carboxylic acids is 1. The Labute approximate surface area is 90.0 Å². The second kappa shape index (κ2) is 4.49. The van der Waals surface area contributed by atoms with Crippen LogP contribution in [0, 0.1) is 5.41 Å². The van der Waals surface area contributed by atoms with E-state index in [0.717, 1.165) is 0 Å². The highest BCUT2D eigenvalue weighted by molar-refractivity contribution is 5.76. The number of carbonyl (C=O) groups is 1. The number of ether oxygens (including phenoxy) is 1. The van der Waals surface area contributed by atoms with Crippen molar-refractivity contribution in [2.24, 2.45) is 5.41 Å². The lowest BCUT2D eigenvalue weighted by Gasteiger charge is -2.39. The van der Waals surface area contributed by atoms with Gasteiger partial charge in [-0.3, -0.25) is 4.79 Å². The van der Waals surface area contributed by atoms with E-state index in [1.807, 2.05) is 0 Å². The van der Waals surface area contributed by atoms with Crippen LogP contribution >= 0.6 is 0 Å². The van der Waals surface area contributed by atoms with Crippen LogP contribution in [0.3, 0.4) is 0 Å². The Morgan fingerprint density at radius 2 is 2.00 bits per heavy atom. The molecule has 0 radical (unpaired) electrons. The van der Waals surface area contributed by atoms with Crippen LogP contribution in [-0.4, -0.2) is 36.9 Å². The molecule has 0 unspecified atom stereocenters. The normalized spacial score (nSPS) is 25.9. The van der Waals surface area contributed by atoms with E-state index in [4.69, 9.17) is 9.84 Å². The molecule has 2 fully saturated rings. The predicted octanol–water partition coefficient (Wildman–Crippen LogP) is 1.01. The van der Waals surface area contributed by atoms with Crippen LogP contribution in [0.5, 0.6) is 0 Å². The number of hydrogen-bond donors (Lipinski definition) is 2. The topological polar surface area (TPSA) is 58.6 Å². The second-order valence-corrected chi connectivity index (χ2v) is 4.79. The Kier molecular flexibility index (Phi) is 3.26. The van der Waals surface area contributed by atoms with Crippen molar-refractivity contribution >= 4 is 5.97 Å². The lowest BCUT2D eigenvalue weighted by atomic mass is 9.85. The SMILES string of the molecule is O=C(O)C1(CNC2CCCCC2)COC1. The average molecular weight is 213 g/mol. The fourth-order valence-corrected chi connectivity index (χ4v) is 2.30. The van der Waals surface area contributed by atoms with Gasteiger partial charge < -0.3 is 15.2 Å². The first-order valence-corrected chi connectivity index (χ1v) is 5.77. The maximum absolute atomic E-state index is 11.1. The highest BCUT2D eigenvalue weighted by atomic mass is 16.5. The number of nitrogens with one attached hydrogen (secondary N) is 1. The molecule has 0 spiro atoms. The predicted molar refractivity (Wildman–Crippen MR) is 55.8 cm³/mol. The summed E-state index contributed by atoms with van der Waals surface area (Å²) in [4.78, 5) is 11.1. The van der Waals surface area contributed by atoms with Crippen molar-refractivity contribution < 1.29 is 14.6 Å². The number of carboxylic acid groups (broad SMARTS) is 1. The van der Waals surface area contributed by atoms with Crippen LogP contribution in [0.25, 0.3) is 0 Å². The van der Waals surface area contributed by atoms with Gasteiger partial charge >= 0.3 is 5.97 Å². The van der Waals surface area contributed by atoms with Crippen molar-refractivity contribution in [3.8, 4) is 0 Å². The first-order chi connectivity index (χ1) is 7.23. The van der Waals surface area contributed by atoms with Gasteiger partial charge in [-0.1, -0.05) is 19.3 Å². The molecule has 1 saturated heterocycles. The van der Waals surface area contributed by atoms with Gasteiger partial charge in [0.05, 0.1) is 13.2 Å². The zero-order valence-electron chi connectivity index (χ0n) is 9.00. The molecule has 4 nitrogen and oxygen atoms in total. The van der Waals surface area contributed by atoms with Crippen LogP contribution in [0.15, 0.2) is 0 Å². The number of aliphatic carboxylic acids is 1. The molecule has 86 valence electrons. The summed E-state index contributed by atoms with van der Waals surface area (Å²) >= 11 is 0. The Bertz CT molecular complexity index is 232. The van der Waals surface area contributed by atoms with Crippen molar-refractivity contribution in [3.63, 3.8) is 0 Å². The van der Waals surface area contributed by atoms with E-state index < -0.39 is 11.4 Å². The van der Waals surface area contributed by atoms with E-state index in [-0.39, 0.29) is 0 Å². The van der Waals surface area contributed by atoms with E-state index >= 15 is 0 Å².